The van der Waals surface area contributed by atoms with Crippen molar-refractivity contribution in [1.29, 1.82) is 0 Å². The monoisotopic (exact) mass is 431 g/mol. The Kier molecular flexibility index (Phi) is 7.59. The molecule has 1 saturated carbocycles. The third-order valence-corrected chi connectivity index (χ3v) is 5.85. The van der Waals surface area contributed by atoms with Crippen LogP contribution >= 0.6 is 24.8 Å². The standard InChI is InChI=1S/C18H29N7O.2ClH/c1-12(26)20-15-11-25(10-14(15)13-3-4-13)17-9-16(21-18(19)22-17)24-7-5-23(2)6-8-24;;/h9,13-15H,3-8,10-11H2,1-2H3,(H,20,26)(H2,19,21,22);2*1H/t14-,15+;;/m1../s1. The molecule has 0 unspecified atom stereocenters. The Morgan fingerprint density at radius 1 is 1.07 bits per heavy atom. The van der Waals surface area contributed by atoms with Gasteiger partial charge in [0.2, 0.25) is 11.9 Å². The molecule has 1 aromatic rings. The number of amides is 1. The number of likely N-dealkylation sites (N-methyl/N-ethyl adjacent to an activating group) is 1. The number of carbonyl (C=O) groups is 1. The molecule has 0 aromatic carbocycles. The lowest BCUT2D eigenvalue weighted by molar-refractivity contribution is -0.119. The highest BCUT2D eigenvalue weighted by atomic mass is 35.5. The van der Waals surface area contributed by atoms with Crippen LogP contribution in [-0.4, -0.2) is 73.1 Å². The van der Waals surface area contributed by atoms with Crippen LogP contribution in [0.4, 0.5) is 17.6 Å². The molecule has 1 aromatic heterocycles. The van der Waals surface area contributed by atoms with E-state index in [4.69, 9.17) is 5.73 Å². The highest BCUT2D eigenvalue weighted by Gasteiger charge is 2.43. The summed E-state index contributed by atoms with van der Waals surface area (Å²) in [5.41, 5.74) is 6.03. The summed E-state index contributed by atoms with van der Waals surface area (Å²) in [7, 11) is 2.14. The van der Waals surface area contributed by atoms with Gasteiger partial charge in [-0.15, -0.1) is 24.8 Å². The molecule has 0 radical (unpaired) electrons. The molecule has 3 N–H and O–H groups in total. The zero-order valence-electron chi connectivity index (χ0n) is 16.5. The van der Waals surface area contributed by atoms with E-state index in [0.717, 1.165) is 56.8 Å². The Labute approximate surface area is 179 Å². The average molecular weight is 432 g/mol. The number of nitrogens with two attached hydrogens (primary N) is 1. The maximum atomic E-state index is 11.6. The minimum atomic E-state index is 0. The molecule has 2 saturated heterocycles. The lowest BCUT2D eigenvalue weighted by atomic mass is 9.98. The number of hydrogen-bond acceptors (Lipinski definition) is 7. The molecular formula is C18H31Cl2N7O. The molecule has 3 aliphatic rings. The molecule has 3 heterocycles. The normalized spacial score (nSPS) is 25.1. The van der Waals surface area contributed by atoms with Crippen LogP contribution in [-0.2, 0) is 4.79 Å². The number of nitrogens with one attached hydrogen (secondary N) is 1. The van der Waals surface area contributed by atoms with Gasteiger partial charge >= 0.3 is 0 Å². The lowest BCUT2D eigenvalue weighted by Gasteiger charge is -2.33. The Morgan fingerprint density at radius 3 is 2.25 bits per heavy atom. The second kappa shape index (κ2) is 9.33. The predicted molar refractivity (Wildman–Crippen MR) is 117 cm³/mol. The van der Waals surface area contributed by atoms with E-state index in [1.54, 1.807) is 6.92 Å². The Hall–Kier alpha value is -1.51. The Bertz CT molecular complexity index is 680. The number of hydrogen-bond donors (Lipinski definition) is 2. The number of nitrogen functional groups attached to an aromatic ring is 1. The third-order valence-electron chi connectivity index (χ3n) is 5.85. The summed E-state index contributed by atoms with van der Waals surface area (Å²) < 4.78 is 0. The van der Waals surface area contributed by atoms with Gasteiger partial charge in [-0.25, -0.2) is 0 Å². The molecule has 4 rings (SSSR count). The number of piperazine rings is 1. The van der Waals surface area contributed by atoms with E-state index < -0.39 is 0 Å². The molecular weight excluding hydrogens is 401 g/mol. The van der Waals surface area contributed by atoms with Crippen molar-refractivity contribution in [3.63, 3.8) is 0 Å². The highest BCUT2D eigenvalue weighted by molar-refractivity contribution is 5.85. The van der Waals surface area contributed by atoms with Gasteiger partial charge in [-0.1, -0.05) is 0 Å². The minimum absolute atomic E-state index is 0. The zero-order valence-corrected chi connectivity index (χ0v) is 18.1. The highest BCUT2D eigenvalue weighted by Crippen LogP contribution is 2.42. The van der Waals surface area contributed by atoms with Crippen molar-refractivity contribution in [1.82, 2.24) is 20.2 Å². The van der Waals surface area contributed by atoms with Gasteiger partial charge in [-0.05, 0) is 25.8 Å². The van der Waals surface area contributed by atoms with Crippen molar-refractivity contribution in [2.45, 2.75) is 25.8 Å². The molecule has 1 aliphatic carbocycles. The van der Waals surface area contributed by atoms with Gasteiger partial charge < -0.3 is 25.8 Å². The van der Waals surface area contributed by atoms with Crippen LogP contribution < -0.4 is 20.9 Å². The fraction of sp³-hybridized carbons (Fsp3) is 0.722. The summed E-state index contributed by atoms with van der Waals surface area (Å²) in [6.07, 6.45) is 2.54. The average Bonchev–Trinajstić information content (AvgIpc) is 3.35. The van der Waals surface area contributed by atoms with Crippen molar-refractivity contribution in [3.05, 3.63) is 6.07 Å². The van der Waals surface area contributed by atoms with Gasteiger partial charge in [0.15, 0.2) is 0 Å². The van der Waals surface area contributed by atoms with Crippen LogP contribution in [0.3, 0.4) is 0 Å². The van der Waals surface area contributed by atoms with Gasteiger partial charge in [0.25, 0.3) is 0 Å². The van der Waals surface area contributed by atoms with E-state index in [1.807, 2.05) is 0 Å². The summed E-state index contributed by atoms with van der Waals surface area (Å²) in [6.45, 7) is 7.26. The van der Waals surface area contributed by atoms with Crippen LogP contribution in [0.15, 0.2) is 6.07 Å². The number of aromatic nitrogens is 2. The van der Waals surface area contributed by atoms with Gasteiger partial charge in [0.1, 0.15) is 11.6 Å². The number of anilines is 3. The summed E-state index contributed by atoms with van der Waals surface area (Å²) in [5, 5.41) is 3.14. The van der Waals surface area contributed by atoms with E-state index in [-0.39, 0.29) is 36.8 Å². The predicted octanol–water partition coefficient (Wildman–Crippen LogP) is 1.01. The molecule has 0 bridgehead atoms. The summed E-state index contributed by atoms with van der Waals surface area (Å²) in [4.78, 5) is 27.4. The molecule has 2 atom stereocenters. The molecule has 2 aliphatic heterocycles. The first kappa shape index (κ1) is 22.8. The second-order valence-electron chi connectivity index (χ2n) is 7.95. The Balaban J connectivity index is 0.00000140. The largest absolute Gasteiger partial charge is 0.368 e. The molecule has 1 amide bonds. The van der Waals surface area contributed by atoms with Gasteiger partial charge in [0.05, 0.1) is 6.04 Å². The second-order valence-corrected chi connectivity index (χ2v) is 7.95. The van der Waals surface area contributed by atoms with Crippen molar-refractivity contribution in [3.8, 4) is 0 Å². The zero-order chi connectivity index (χ0) is 18.3. The van der Waals surface area contributed by atoms with Gasteiger partial charge in [-0.3, -0.25) is 4.79 Å². The van der Waals surface area contributed by atoms with E-state index in [2.05, 4.69) is 43.1 Å². The van der Waals surface area contributed by atoms with Crippen molar-refractivity contribution >= 4 is 48.3 Å². The summed E-state index contributed by atoms with van der Waals surface area (Å²) in [6, 6.07) is 2.25. The van der Waals surface area contributed by atoms with Gasteiger partial charge in [-0.2, -0.15) is 9.97 Å². The topological polar surface area (TPSA) is 90.6 Å². The van der Waals surface area contributed by atoms with Crippen molar-refractivity contribution < 1.29 is 4.79 Å². The number of rotatable bonds is 4. The van der Waals surface area contributed by atoms with E-state index in [0.29, 0.717) is 11.9 Å². The first-order valence-corrected chi connectivity index (χ1v) is 9.59. The molecule has 3 fully saturated rings. The minimum Gasteiger partial charge on any atom is -0.368 e. The van der Waals surface area contributed by atoms with Crippen molar-refractivity contribution in [2.24, 2.45) is 11.8 Å². The molecule has 28 heavy (non-hydrogen) atoms. The first-order valence-electron chi connectivity index (χ1n) is 9.59. The third kappa shape index (κ3) is 5.10. The number of carbonyl (C=O) groups excluding carboxylic acids is 1. The maximum absolute atomic E-state index is 11.6. The van der Waals surface area contributed by atoms with Crippen molar-refractivity contribution in [2.75, 3.05) is 61.8 Å². The Morgan fingerprint density at radius 2 is 1.68 bits per heavy atom. The molecule has 0 spiro atoms. The molecule has 8 nitrogen and oxygen atoms in total. The molecule has 10 heteroatoms. The number of nitrogens with zero attached hydrogens (tertiary/aromatic N) is 5. The lowest BCUT2D eigenvalue weighted by Crippen LogP contribution is -2.45. The van der Waals surface area contributed by atoms with Crippen LogP contribution in [0.2, 0.25) is 0 Å². The fourth-order valence-corrected chi connectivity index (χ4v) is 4.23. The van der Waals surface area contributed by atoms with Crippen LogP contribution in [0, 0.1) is 11.8 Å². The van der Waals surface area contributed by atoms with Gasteiger partial charge in [0, 0.05) is 58.2 Å². The first-order chi connectivity index (χ1) is 12.5. The van der Waals surface area contributed by atoms with E-state index in [1.165, 1.54) is 12.8 Å². The van der Waals surface area contributed by atoms with Crippen LogP contribution in [0.5, 0.6) is 0 Å². The maximum Gasteiger partial charge on any atom is 0.223 e. The molecule has 158 valence electrons. The summed E-state index contributed by atoms with van der Waals surface area (Å²) in [5.74, 6) is 3.39. The fourth-order valence-electron chi connectivity index (χ4n) is 4.23. The van der Waals surface area contributed by atoms with E-state index >= 15 is 0 Å². The van der Waals surface area contributed by atoms with E-state index in [9.17, 15) is 4.79 Å². The number of halogens is 2. The van der Waals surface area contributed by atoms with Crippen LogP contribution in [0.25, 0.3) is 0 Å². The quantitative estimate of drug-likeness (QED) is 0.734. The van der Waals surface area contributed by atoms with Crippen LogP contribution in [0.1, 0.15) is 19.8 Å². The SMILES string of the molecule is CC(=O)N[C@H]1CN(c2cc(N3CCN(C)CC3)nc(N)n2)C[C@@H]1C1CC1.Cl.Cl. The smallest absolute Gasteiger partial charge is 0.223 e. The summed E-state index contributed by atoms with van der Waals surface area (Å²) >= 11 is 0.